The van der Waals surface area contributed by atoms with Crippen LogP contribution in [0.15, 0.2) is 28.7 Å². The molecule has 0 aromatic heterocycles. The lowest BCUT2D eigenvalue weighted by Gasteiger charge is -2.18. The van der Waals surface area contributed by atoms with E-state index in [9.17, 15) is 0 Å². The fraction of sp³-hybridized carbons (Fsp3) is 0.500. The molecular formula is C12H19BrO. The van der Waals surface area contributed by atoms with Crippen LogP contribution in [0.5, 0.6) is 0 Å². The Balaban J connectivity index is 0.000000500. The maximum absolute atomic E-state index is 4.25. The smallest absolute Gasteiger partial charge is 0.0351 e. The molecule has 1 aromatic rings. The maximum Gasteiger partial charge on any atom is 0.0351 e. The van der Waals surface area contributed by atoms with Gasteiger partial charge >= 0.3 is 0 Å². The van der Waals surface area contributed by atoms with E-state index in [4.69, 9.17) is 0 Å². The Morgan fingerprint density at radius 3 is 1.64 bits per heavy atom. The molecule has 0 fully saturated rings. The second-order valence-electron chi connectivity index (χ2n) is 4.17. The SMILES string of the molecule is CC(C)(C)c1ccc(Br)cc1.COC. The average molecular weight is 259 g/mol. The molecule has 80 valence electrons. The molecule has 1 nitrogen and oxygen atoms in total. The van der Waals surface area contributed by atoms with E-state index in [0.717, 1.165) is 4.47 Å². The van der Waals surface area contributed by atoms with Crippen molar-refractivity contribution in [1.29, 1.82) is 0 Å². The van der Waals surface area contributed by atoms with Crippen LogP contribution in [0.4, 0.5) is 0 Å². The molecule has 0 atom stereocenters. The van der Waals surface area contributed by atoms with Gasteiger partial charge in [0.25, 0.3) is 0 Å². The summed E-state index contributed by atoms with van der Waals surface area (Å²) in [5.41, 5.74) is 1.64. The molecule has 0 aliphatic carbocycles. The first-order chi connectivity index (χ1) is 6.41. The van der Waals surface area contributed by atoms with Crippen LogP contribution >= 0.6 is 15.9 Å². The molecule has 0 radical (unpaired) electrons. The molecule has 0 saturated heterocycles. The number of hydrogen-bond acceptors (Lipinski definition) is 1. The van der Waals surface area contributed by atoms with Crippen LogP contribution in [0.25, 0.3) is 0 Å². The van der Waals surface area contributed by atoms with Gasteiger partial charge in [-0.2, -0.15) is 0 Å². The normalized spacial score (nSPS) is 10.4. The monoisotopic (exact) mass is 258 g/mol. The summed E-state index contributed by atoms with van der Waals surface area (Å²) in [4.78, 5) is 0. The number of rotatable bonds is 0. The Labute approximate surface area is 95.6 Å². The van der Waals surface area contributed by atoms with E-state index < -0.39 is 0 Å². The number of ether oxygens (including phenoxy) is 1. The lowest BCUT2D eigenvalue weighted by atomic mass is 9.87. The summed E-state index contributed by atoms with van der Waals surface area (Å²) in [5.74, 6) is 0. The minimum atomic E-state index is 0.265. The summed E-state index contributed by atoms with van der Waals surface area (Å²) in [6.07, 6.45) is 0. The van der Waals surface area contributed by atoms with Crippen LogP contribution < -0.4 is 0 Å². The van der Waals surface area contributed by atoms with Gasteiger partial charge in [-0.15, -0.1) is 0 Å². The minimum absolute atomic E-state index is 0.265. The first-order valence-corrected chi connectivity index (χ1v) is 5.37. The van der Waals surface area contributed by atoms with Gasteiger partial charge in [0.1, 0.15) is 0 Å². The summed E-state index contributed by atoms with van der Waals surface area (Å²) in [6.45, 7) is 6.66. The summed E-state index contributed by atoms with van der Waals surface area (Å²) in [5, 5.41) is 0. The third-order valence-electron chi connectivity index (χ3n) is 1.71. The van der Waals surface area contributed by atoms with Crippen molar-refractivity contribution in [3.05, 3.63) is 34.3 Å². The standard InChI is InChI=1S/C10H13Br.C2H6O/c1-10(2,3)8-4-6-9(11)7-5-8;1-3-2/h4-7H,1-3H3;1-2H3. The van der Waals surface area contributed by atoms with Crippen molar-refractivity contribution in [2.75, 3.05) is 14.2 Å². The number of benzene rings is 1. The van der Waals surface area contributed by atoms with Crippen molar-refractivity contribution in [3.63, 3.8) is 0 Å². The Kier molecular flexibility index (Phi) is 6.05. The molecule has 0 aliphatic heterocycles. The van der Waals surface area contributed by atoms with Crippen LogP contribution in [-0.2, 0) is 10.2 Å². The molecule has 0 aliphatic rings. The van der Waals surface area contributed by atoms with Crippen LogP contribution in [0, 0.1) is 0 Å². The Hall–Kier alpha value is -0.340. The molecule has 1 aromatic carbocycles. The van der Waals surface area contributed by atoms with Gasteiger partial charge in [-0.1, -0.05) is 48.8 Å². The van der Waals surface area contributed by atoms with Gasteiger partial charge in [-0.05, 0) is 23.1 Å². The topological polar surface area (TPSA) is 9.23 Å². The van der Waals surface area contributed by atoms with Gasteiger partial charge in [-0.25, -0.2) is 0 Å². The van der Waals surface area contributed by atoms with Crippen molar-refractivity contribution in [1.82, 2.24) is 0 Å². The zero-order chi connectivity index (χ0) is 11.2. The zero-order valence-corrected chi connectivity index (χ0v) is 11.2. The van der Waals surface area contributed by atoms with Gasteiger partial charge in [0.2, 0.25) is 0 Å². The first-order valence-electron chi connectivity index (χ1n) is 4.58. The van der Waals surface area contributed by atoms with Crippen molar-refractivity contribution >= 4 is 15.9 Å². The van der Waals surface area contributed by atoms with E-state index in [2.05, 4.69) is 65.7 Å². The van der Waals surface area contributed by atoms with Crippen LogP contribution in [0.1, 0.15) is 26.3 Å². The van der Waals surface area contributed by atoms with Gasteiger partial charge in [0.15, 0.2) is 0 Å². The highest BCUT2D eigenvalue weighted by Gasteiger charge is 2.12. The number of hydrogen-bond donors (Lipinski definition) is 0. The highest BCUT2D eigenvalue weighted by atomic mass is 79.9. The molecule has 1 rings (SSSR count). The van der Waals surface area contributed by atoms with Crippen molar-refractivity contribution < 1.29 is 4.74 Å². The summed E-state index contributed by atoms with van der Waals surface area (Å²) in [6, 6.07) is 8.48. The van der Waals surface area contributed by atoms with Gasteiger partial charge < -0.3 is 4.74 Å². The Bertz CT molecular complexity index is 246. The summed E-state index contributed by atoms with van der Waals surface area (Å²) < 4.78 is 5.39. The highest BCUT2D eigenvalue weighted by Crippen LogP contribution is 2.23. The molecule has 0 N–H and O–H groups in total. The molecule has 14 heavy (non-hydrogen) atoms. The van der Waals surface area contributed by atoms with Gasteiger partial charge in [-0.3, -0.25) is 0 Å². The number of halogens is 1. The Morgan fingerprint density at radius 2 is 1.36 bits per heavy atom. The molecule has 0 amide bonds. The lowest BCUT2D eigenvalue weighted by molar-refractivity contribution is 0.277. The Morgan fingerprint density at radius 1 is 1.00 bits per heavy atom. The fourth-order valence-electron chi connectivity index (χ4n) is 0.950. The highest BCUT2D eigenvalue weighted by molar-refractivity contribution is 9.10. The summed E-state index contributed by atoms with van der Waals surface area (Å²) >= 11 is 3.41. The number of methoxy groups -OCH3 is 1. The van der Waals surface area contributed by atoms with Gasteiger partial charge in [0.05, 0.1) is 0 Å². The minimum Gasteiger partial charge on any atom is -0.388 e. The fourth-order valence-corrected chi connectivity index (χ4v) is 1.21. The van der Waals surface area contributed by atoms with E-state index in [-0.39, 0.29) is 5.41 Å². The van der Waals surface area contributed by atoms with E-state index in [1.807, 2.05) is 0 Å². The third kappa shape index (κ3) is 5.40. The first kappa shape index (κ1) is 13.7. The van der Waals surface area contributed by atoms with Crippen molar-refractivity contribution in [2.45, 2.75) is 26.2 Å². The van der Waals surface area contributed by atoms with Crippen LogP contribution in [0.3, 0.4) is 0 Å². The quantitative estimate of drug-likeness (QED) is 0.684. The molecule has 0 spiro atoms. The van der Waals surface area contributed by atoms with Crippen LogP contribution in [0.2, 0.25) is 0 Å². The third-order valence-corrected chi connectivity index (χ3v) is 2.24. The van der Waals surface area contributed by atoms with Gasteiger partial charge in [0, 0.05) is 18.7 Å². The second-order valence-corrected chi connectivity index (χ2v) is 5.08. The molecule has 2 heteroatoms. The molecule has 0 heterocycles. The molecule has 0 saturated carbocycles. The van der Waals surface area contributed by atoms with Crippen molar-refractivity contribution in [2.24, 2.45) is 0 Å². The van der Waals surface area contributed by atoms with E-state index >= 15 is 0 Å². The largest absolute Gasteiger partial charge is 0.388 e. The van der Waals surface area contributed by atoms with E-state index in [0.29, 0.717) is 0 Å². The van der Waals surface area contributed by atoms with Crippen LogP contribution in [-0.4, -0.2) is 14.2 Å². The molecular weight excluding hydrogens is 240 g/mol. The lowest BCUT2D eigenvalue weighted by Crippen LogP contribution is -2.10. The predicted molar refractivity (Wildman–Crippen MR) is 65.8 cm³/mol. The van der Waals surface area contributed by atoms with E-state index in [1.165, 1.54) is 5.56 Å². The predicted octanol–water partition coefficient (Wildman–Crippen LogP) is 4.01. The maximum atomic E-state index is 4.25. The van der Waals surface area contributed by atoms with Crippen molar-refractivity contribution in [3.8, 4) is 0 Å². The zero-order valence-electron chi connectivity index (χ0n) is 9.60. The second kappa shape index (κ2) is 6.20. The molecule has 0 bridgehead atoms. The average Bonchev–Trinajstić information content (AvgIpc) is 2.04. The molecule has 0 unspecified atom stereocenters. The summed E-state index contributed by atoms with van der Waals surface area (Å²) in [7, 11) is 3.25. The van der Waals surface area contributed by atoms with E-state index in [1.54, 1.807) is 14.2 Å².